The number of fused-ring (bicyclic) bond motifs is 1. The molecule has 1 nitrogen and oxygen atoms in total. The van der Waals surface area contributed by atoms with Crippen molar-refractivity contribution >= 4 is 33.4 Å². The van der Waals surface area contributed by atoms with Gasteiger partial charge < -0.3 is 4.90 Å². The van der Waals surface area contributed by atoms with E-state index in [0.29, 0.717) is 4.16 Å². The van der Waals surface area contributed by atoms with E-state index >= 15 is 0 Å². The van der Waals surface area contributed by atoms with E-state index in [4.69, 9.17) is 0 Å². The summed E-state index contributed by atoms with van der Waals surface area (Å²) in [6, 6.07) is 19.2. The number of hydrogen-bond donors (Lipinski definition) is 0. The predicted octanol–water partition coefficient (Wildman–Crippen LogP) is 5.92. The van der Waals surface area contributed by atoms with Crippen molar-refractivity contribution in [2.24, 2.45) is 0 Å². The molecule has 0 N–H and O–H groups in total. The number of nitrogens with zero attached hydrogens (tertiary/aromatic N) is 1. The molecule has 0 aromatic heterocycles. The zero-order valence-corrected chi connectivity index (χ0v) is 14.2. The van der Waals surface area contributed by atoms with Gasteiger partial charge in [0.1, 0.15) is 0 Å². The van der Waals surface area contributed by atoms with Gasteiger partial charge in [-0.3, -0.25) is 0 Å². The van der Waals surface area contributed by atoms with Gasteiger partial charge in [0.25, 0.3) is 0 Å². The highest BCUT2D eigenvalue weighted by Crippen LogP contribution is 2.44. The first kappa shape index (κ1) is 13.9. The third-order valence-corrected chi connectivity index (χ3v) is 5.54. The van der Waals surface area contributed by atoms with Crippen LogP contribution < -0.4 is 4.90 Å². The lowest BCUT2D eigenvalue weighted by Crippen LogP contribution is -2.16. The second kappa shape index (κ2) is 5.82. The van der Waals surface area contributed by atoms with Crippen LogP contribution in [0, 0.1) is 0 Å². The van der Waals surface area contributed by atoms with Gasteiger partial charge in [0, 0.05) is 16.8 Å². The summed E-state index contributed by atoms with van der Waals surface area (Å²) in [6.45, 7) is 0. The predicted molar refractivity (Wildman–Crippen MR) is 100.0 cm³/mol. The van der Waals surface area contributed by atoms with Crippen LogP contribution in [0.4, 0.5) is 5.69 Å². The first-order valence-electron chi connectivity index (χ1n) is 7.17. The summed E-state index contributed by atoms with van der Waals surface area (Å²) in [4.78, 5) is 3.57. The van der Waals surface area contributed by atoms with Crippen molar-refractivity contribution in [3.63, 3.8) is 0 Å². The van der Waals surface area contributed by atoms with Crippen molar-refractivity contribution in [2.75, 3.05) is 4.90 Å². The van der Waals surface area contributed by atoms with Crippen LogP contribution in [0.25, 0.3) is 11.1 Å². The maximum atomic E-state index is 3.67. The molecule has 108 valence electrons. The largest absolute Gasteiger partial charge is 0.316 e. The summed E-state index contributed by atoms with van der Waals surface area (Å²) in [6.07, 6.45) is 8.68. The van der Waals surface area contributed by atoms with Gasteiger partial charge in [0.15, 0.2) is 0 Å². The second-order valence-electron chi connectivity index (χ2n) is 5.18. The van der Waals surface area contributed by atoms with Gasteiger partial charge in [0.2, 0.25) is 0 Å². The summed E-state index contributed by atoms with van der Waals surface area (Å²) < 4.78 is 0.355. The van der Waals surface area contributed by atoms with E-state index in [1.165, 1.54) is 27.4 Å². The summed E-state index contributed by atoms with van der Waals surface area (Å²) >= 11 is 5.51. The smallest absolute Gasteiger partial charge is 0.0851 e. The maximum Gasteiger partial charge on any atom is 0.0851 e. The van der Waals surface area contributed by atoms with Crippen molar-refractivity contribution in [3.05, 3.63) is 89.6 Å². The minimum atomic E-state index is 0.355. The summed E-state index contributed by atoms with van der Waals surface area (Å²) in [7, 11) is 0. The van der Waals surface area contributed by atoms with E-state index < -0.39 is 0 Å². The first-order valence-corrected chi connectivity index (χ1v) is 8.97. The molecule has 0 aliphatic carbocycles. The lowest BCUT2D eigenvalue weighted by atomic mass is 10.0. The molecule has 0 saturated carbocycles. The highest BCUT2D eigenvalue weighted by molar-refractivity contribution is 9.11. The van der Waals surface area contributed by atoms with E-state index in [-0.39, 0.29) is 0 Å². The monoisotopic (exact) mass is 367 g/mol. The highest BCUT2D eigenvalue weighted by Gasteiger charge is 2.25. The van der Waals surface area contributed by atoms with Gasteiger partial charge in [-0.15, -0.1) is 11.8 Å². The normalized spacial score (nSPS) is 19.7. The molecule has 0 bridgehead atoms. The molecule has 4 rings (SSSR count). The van der Waals surface area contributed by atoms with Crippen LogP contribution in [0.2, 0.25) is 0 Å². The van der Waals surface area contributed by atoms with Crippen LogP contribution >= 0.6 is 27.7 Å². The van der Waals surface area contributed by atoms with E-state index in [0.717, 1.165) is 0 Å². The fourth-order valence-electron chi connectivity index (χ4n) is 2.73. The molecule has 3 heteroatoms. The van der Waals surface area contributed by atoms with E-state index in [2.05, 4.69) is 99.9 Å². The third kappa shape index (κ3) is 2.55. The van der Waals surface area contributed by atoms with Crippen LogP contribution in [-0.2, 0) is 0 Å². The molecule has 2 aliphatic rings. The topological polar surface area (TPSA) is 3.24 Å². The number of anilines is 1. The molecule has 2 aromatic carbocycles. The molecule has 0 radical (unpaired) electrons. The van der Waals surface area contributed by atoms with Crippen LogP contribution in [0.1, 0.15) is 0 Å². The molecule has 0 saturated heterocycles. The van der Waals surface area contributed by atoms with Gasteiger partial charge in [-0.25, -0.2) is 0 Å². The number of benzene rings is 2. The number of rotatable bonds is 2. The summed E-state index contributed by atoms with van der Waals surface area (Å²) in [5.41, 5.74) is 4.94. The van der Waals surface area contributed by atoms with Crippen molar-refractivity contribution in [3.8, 4) is 11.1 Å². The zero-order valence-electron chi connectivity index (χ0n) is 11.8. The minimum absolute atomic E-state index is 0.355. The maximum absolute atomic E-state index is 3.67. The van der Waals surface area contributed by atoms with Gasteiger partial charge in [-0.1, -0.05) is 58.4 Å². The fourth-order valence-corrected chi connectivity index (χ4v) is 4.47. The van der Waals surface area contributed by atoms with E-state index in [9.17, 15) is 0 Å². The third-order valence-electron chi connectivity index (χ3n) is 3.75. The Morgan fingerprint density at radius 3 is 2.64 bits per heavy atom. The van der Waals surface area contributed by atoms with Crippen LogP contribution in [0.3, 0.4) is 0 Å². The van der Waals surface area contributed by atoms with Crippen LogP contribution in [0.15, 0.2) is 89.6 Å². The molecule has 2 heterocycles. The quantitative estimate of drug-likeness (QED) is 0.605. The molecule has 22 heavy (non-hydrogen) atoms. The Morgan fingerprint density at radius 1 is 0.955 bits per heavy atom. The lowest BCUT2D eigenvalue weighted by Gasteiger charge is -2.25. The van der Waals surface area contributed by atoms with Gasteiger partial charge in [0.05, 0.1) is 9.86 Å². The molecule has 2 aliphatic heterocycles. The average Bonchev–Trinajstić information content (AvgIpc) is 2.96. The Bertz CT molecular complexity index is 792. The standard InChI is InChI=1S/C19H14BrNS/c20-19-13-17-18(22-19)10-5-11-21(17)16-9-4-8-15(12-16)14-6-2-1-3-7-14/h1-13,19H. The molecule has 0 spiro atoms. The minimum Gasteiger partial charge on any atom is -0.316 e. The SMILES string of the molecule is BrC1C=C2C(=CC=CN2c2cccc(-c3ccccc3)c2)S1. The Labute approximate surface area is 143 Å². The van der Waals surface area contributed by atoms with Gasteiger partial charge >= 0.3 is 0 Å². The summed E-state index contributed by atoms with van der Waals surface area (Å²) in [5.74, 6) is 0. The number of allylic oxidation sites excluding steroid dienone is 2. The Balaban J connectivity index is 1.73. The number of thioether (sulfide) groups is 1. The number of hydrogen-bond acceptors (Lipinski definition) is 2. The Kier molecular flexibility index (Phi) is 3.68. The van der Waals surface area contributed by atoms with Crippen LogP contribution in [0.5, 0.6) is 0 Å². The second-order valence-corrected chi connectivity index (χ2v) is 7.96. The van der Waals surface area contributed by atoms with Crippen molar-refractivity contribution < 1.29 is 0 Å². The van der Waals surface area contributed by atoms with E-state index in [1.807, 2.05) is 11.8 Å². The van der Waals surface area contributed by atoms with Crippen molar-refractivity contribution in [1.29, 1.82) is 0 Å². The average molecular weight is 368 g/mol. The van der Waals surface area contributed by atoms with E-state index in [1.54, 1.807) is 0 Å². The van der Waals surface area contributed by atoms with Crippen molar-refractivity contribution in [1.82, 2.24) is 0 Å². The van der Waals surface area contributed by atoms with Gasteiger partial charge in [-0.2, -0.15) is 0 Å². The molecular weight excluding hydrogens is 354 g/mol. The molecule has 1 atom stereocenters. The molecule has 0 fully saturated rings. The molecule has 2 aromatic rings. The lowest BCUT2D eigenvalue weighted by molar-refractivity contribution is 1.18. The zero-order chi connectivity index (χ0) is 14.9. The summed E-state index contributed by atoms with van der Waals surface area (Å²) in [5, 5.41) is 0. The van der Waals surface area contributed by atoms with Crippen molar-refractivity contribution in [2.45, 2.75) is 4.16 Å². The Hall–Kier alpha value is -1.71. The molecular formula is C19H14BrNS. The molecule has 1 unspecified atom stereocenters. The Morgan fingerprint density at radius 2 is 1.77 bits per heavy atom. The first-order chi connectivity index (χ1) is 10.8. The fraction of sp³-hybridized carbons (Fsp3) is 0.0526. The number of halogens is 1. The van der Waals surface area contributed by atoms with Crippen LogP contribution in [-0.4, -0.2) is 4.16 Å². The number of alkyl halides is 1. The highest BCUT2D eigenvalue weighted by atomic mass is 79.9. The van der Waals surface area contributed by atoms with Gasteiger partial charge in [-0.05, 0) is 41.5 Å². The molecule has 0 amide bonds.